The van der Waals surface area contributed by atoms with E-state index in [0.717, 1.165) is 16.6 Å². The number of hydrogen-bond donors (Lipinski definition) is 1. The van der Waals surface area contributed by atoms with Gasteiger partial charge in [0, 0.05) is 17.1 Å². The van der Waals surface area contributed by atoms with E-state index < -0.39 is 45.8 Å². The molecule has 0 aliphatic heterocycles. The lowest BCUT2D eigenvalue weighted by molar-refractivity contribution is -0.140. The normalized spacial score (nSPS) is 12.7. The Hall–Kier alpha value is -2.65. The van der Waals surface area contributed by atoms with Gasteiger partial charge in [-0.05, 0) is 63.6 Å². The van der Waals surface area contributed by atoms with Crippen molar-refractivity contribution >= 4 is 39.1 Å². The summed E-state index contributed by atoms with van der Waals surface area (Å²) in [5.41, 5.74) is 0.152. The van der Waals surface area contributed by atoms with Crippen molar-refractivity contribution in [1.29, 1.82) is 0 Å². The van der Waals surface area contributed by atoms with Gasteiger partial charge in [-0.15, -0.1) is 0 Å². The van der Waals surface area contributed by atoms with Crippen molar-refractivity contribution in [2.24, 2.45) is 0 Å². The Morgan fingerprint density at radius 3 is 2.30 bits per heavy atom. The monoisotopic (exact) mass is 497 g/mol. The van der Waals surface area contributed by atoms with Crippen LogP contribution in [0.3, 0.4) is 0 Å². The minimum Gasteiger partial charge on any atom is -0.350 e. The van der Waals surface area contributed by atoms with Crippen LogP contribution in [0.5, 0.6) is 0 Å². The minimum absolute atomic E-state index is 0.0142. The first-order valence-electron chi connectivity index (χ1n) is 10.3. The third kappa shape index (κ3) is 8.01. The highest BCUT2D eigenvalue weighted by Crippen LogP contribution is 2.21. The highest BCUT2D eigenvalue weighted by atomic mass is 35.5. The predicted octanol–water partition coefficient (Wildman–Crippen LogP) is 3.58. The van der Waals surface area contributed by atoms with Crippen molar-refractivity contribution in [1.82, 2.24) is 10.2 Å². The second-order valence-corrected chi connectivity index (χ2v) is 11.2. The first-order chi connectivity index (χ1) is 15.2. The average molecular weight is 498 g/mol. The van der Waals surface area contributed by atoms with E-state index in [9.17, 15) is 22.4 Å². The molecule has 2 rings (SSSR count). The number of carbonyl (C=O) groups excluding carboxylic acids is 2. The molecule has 0 fully saturated rings. The molecular formula is C23H29ClFN3O4S. The summed E-state index contributed by atoms with van der Waals surface area (Å²) in [6.07, 6.45) is 0.933. The van der Waals surface area contributed by atoms with Crippen LogP contribution in [0, 0.1) is 5.82 Å². The van der Waals surface area contributed by atoms with Gasteiger partial charge in [-0.3, -0.25) is 13.9 Å². The Morgan fingerprint density at radius 1 is 1.12 bits per heavy atom. The zero-order valence-electron chi connectivity index (χ0n) is 19.3. The maximum absolute atomic E-state index is 13.7. The standard InChI is InChI=1S/C23H29ClFN3O4S/c1-16(22(30)26-23(2,3)4)27(14-17-8-6-9-18(24)12-17)21(29)15-28(33(5,31)32)20-11-7-10-19(25)13-20/h6-13,16H,14-15H2,1-5H3,(H,26,30)/t16-/m1/s1. The molecule has 0 unspecified atom stereocenters. The maximum Gasteiger partial charge on any atom is 0.244 e. The molecule has 0 saturated carbocycles. The van der Waals surface area contributed by atoms with Crippen LogP contribution < -0.4 is 9.62 Å². The Balaban J connectivity index is 2.41. The molecule has 2 aromatic rings. The van der Waals surface area contributed by atoms with Crippen molar-refractivity contribution in [2.75, 3.05) is 17.1 Å². The van der Waals surface area contributed by atoms with Crippen molar-refractivity contribution in [2.45, 2.75) is 45.8 Å². The molecule has 1 N–H and O–H groups in total. The molecule has 33 heavy (non-hydrogen) atoms. The van der Waals surface area contributed by atoms with Gasteiger partial charge in [0.2, 0.25) is 21.8 Å². The Labute approximate surface area is 199 Å². The lowest BCUT2D eigenvalue weighted by atomic mass is 10.1. The number of benzene rings is 2. The van der Waals surface area contributed by atoms with Gasteiger partial charge in [-0.25, -0.2) is 12.8 Å². The topological polar surface area (TPSA) is 86.8 Å². The van der Waals surface area contributed by atoms with Crippen molar-refractivity contribution < 1.29 is 22.4 Å². The fourth-order valence-electron chi connectivity index (χ4n) is 3.13. The van der Waals surface area contributed by atoms with Crippen molar-refractivity contribution in [3.63, 3.8) is 0 Å². The van der Waals surface area contributed by atoms with Crippen LogP contribution in [-0.4, -0.2) is 49.5 Å². The largest absolute Gasteiger partial charge is 0.350 e. The number of carbonyl (C=O) groups is 2. The quantitative estimate of drug-likeness (QED) is 0.604. The van der Waals surface area contributed by atoms with E-state index in [1.165, 1.54) is 23.1 Å². The molecule has 180 valence electrons. The summed E-state index contributed by atoms with van der Waals surface area (Å²) in [7, 11) is -3.92. The number of hydrogen-bond acceptors (Lipinski definition) is 4. The number of rotatable bonds is 8. The SMILES string of the molecule is C[C@H](C(=O)NC(C)(C)C)N(Cc1cccc(Cl)c1)C(=O)CN(c1cccc(F)c1)S(C)(=O)=O. The van der Waals surface area contributed by atoms with Gasteiger partial charge in [-0.1, -0.05) is 29.8 Å². The van der Waals surface area contributed by atoms with E-state index in [-0.39, 0.29) is 12.2 Å². The van der Waals surface area contributed by atoms with Crippen LogP contribution in [0.2, 0.25) is 5.02 Å². The molecule has 7 nitrogen and oxygen atoms in total. The van der Waals surface area contributed by atoms with Gasteiger partial charge in [0.25, 0.3) is 0 Å². The molecule has 0 aliphatic carbocycles. The fourth-order valence-corrected chi connectivity index (χ4v) is 4.19. The lowest BCUT2D eigenvalue weighted by Crippen LogP contribution is -2.54. The molecule has 0 spiro atoms. The van der Waals surface area contributed by atoms with Crippen LogP contribution in [0.15, 0.2) is 48.5 Å². The van der Waals surface area contributed by atoms with E-state index in [4.69, 9.17) is 11.6 Å². The lowest BCUT2D eigenvalue weighted by Gasteiger charge is -2.33. The molecule has 1 atom stereocenters. The highest BCUT2D eigenvalue weighted by molar-refractivity contribution is 7.92. The molecule has 0 radical (unpaired) electrons. The van der Waals surface area contributed by atoms with E-state index in [2.05, 4.69) is 5.32 Å². The van der Waals surface area contributed by atoms with Gasteiger partial charge < -0.3 is 10.2 Å². The number of amides is 2. The summed E-state index contributed by atoms with van der Waals surface area (Å²) < 4.78 is 39.4. The Kier molecular flexibility index (Phi) is 8.48. The third-order valence-electron chi connectivity index (χ3n) is 4.68. The van der Waals surface area contributed by atoms with E-state index in [1.807, 2.05) is 20.8 Å². The molecule has 0 heterocycles. The maximum atomic E-state index is 13.7. The Bertz CT molecular complexity index is 1120. The summed E-state index contributed by atoms with van der Waals surface area (Å²) in [5, 5.41) is 3.30. The molecule has 2 aromatic carbocycles. The Morgan fingerprint density at radius 2 is 1.76 bits per heavy atom. The third-order valence-corrected chi connectivity index (χ3v) is 6.06. The average Bonchev–Trinajstić information content (AvgIpc) is 2.67. The zero-order chi connectivity index (χ0) is 25.0. The van der Waals surface area contributed by atoms with Gasteiger partial charge in [0.05, 0.1) is 11.9 Å². The first kappa shape index (κ1) is 26.6. The zero-order valence-corrected chi connectivity index (χ0v) is 20.9. The fraction of sp³-hybridized carbons (Fsp3) is 0.391. The first-order valence-corrected chi connectivity index (χ1v) is 12.5. The molecule has 0 saturated heterocycles. The van der Waals surface area contributed by atoms with Gasteiger partial charge in [0.1, 0.15) is 18.4 Å². The summed E-state index contributed by atoms with van der Waals surface area (Å²) in [6, 6.07) is 10.9. The molecule has 10 heteroatoms. The van der Waals surface area contributed by atoms with Crippen LogP contribution in [0.4, 0.5) is 10.1 Å². The summed E-state index contributed by atoms with van der Waals surface area (Å²) in [6.45, 7) is 6.44. The van der Waals surface area contributed by atoms with E-state index in [1.54, 1.807) is 31.2 Å². The summed E-state index contributed by atoms with van der Waals surface area (Å²) in [4.78, 5) is 27.5. The van der Waals surface area contributed by atoms with Crippen LogP contribution >= 0.6 is 11.6 Å². The number of nitrogens with zero attached hydrogens (tertiary/aromatic N) is 2. The second-order valence-electron chi connectivity index (χ2n) is 8.82. The number of anilines is 1. The van der Waals surface area contributed by atoms with Crippen LogP contribution in [0.25, 0.3) is 0 Å². The smallest absolute Gasteiger partial charge is 0.244 e. The number of sulfonamides is 1. The molecule has 2 amide bonds. The van der Waals surface area contributed by atoms with E-state index in [0.29, 0.717) is 10.6 Å². The molecule has 0 aromatic heterocycles. The summed E-state index contributed by atoms with van der Waals surface area (Å²) in [5.74, 6) is -1.65. The van der Waals surface area contributed by atoms with Crippen LogP contribution in [-0.2, 0) is 26.2 Å². The van der Waals surface area contributed by atoms with Crippen LogP contribution in [0.1, 0.15) is 33.3 Å². The highest BCUT2D eigenvalue weighted by Gasteiger charge is 2.31. The predicted molar refractivity (Wildman–Crippen MR) is 128 cm³/mol. The number of halogens is 2. The summed E-state index contributed by atoms with van der Waals surface area (Å²) >= 11 is 6.07. The van der Waals surface area contributed by atoms with Crippen molar-refractivity contribution in [3.05, 3.63) is 64.9 Å². The molecular weight excluding hydrogens is 469 g/mol. The van der Waals surface area contributed by atoms with Crippen molar-refractivity contribution in [3.8, 4) is 0 Å². The second kappa shape index (κ2) is 10.5. The molecule has 0 aliphatic rings. The van der Waals surface area contributed by atoms with Gasteiger partial charge >= 0.3 is 0 Å². The van der Waals surface area contributed by atoms with Gasteiger partial charge in [0.15, 0.2) is 0 Å². The van der Waals surface area contributed by atoms with E-state index >= 15 is 0 Å². The minimum atomic E-state index is -3.92. The van der Waals surface area contributed by atoms with Gasteiger partial charge in [-0.2, -0.15) is 0 Å². The number of nitrogens with one attached hydrogen (secondary N) is 1. The molecule has 0 bridgehead atoms.